The summed E-state index contributed by atoms with van der Waals surface area (Å²) in [6.07, 6.45) is 2.29. The third-order valence-electron chi connectivity index (χ3n) is 2.11. The Morgan fingerprint density at radius 3 is 2.31 bits per heavy atom. The molecule has 16 heavy (non-hydrogen) atoms. The summed E-state index contributed by atoms with van der Waals surface area (Å²) in [6, 6.07) is -0.601. The molecule has 0 heterocycles. The largest absolute Gasteiger partial charge is 0.344 e. The number of carbonyl (C=O) groups excluding carboxylic acids is 2. The molecule has 94 valence electrons. The summed E-state index contributed by atoms with van der Waals surface area (Å²) < 4.78 is 0. The molecule has 0 aliphatic rings. The van der Waals surface area contributed by atoms with Crippen molar-refractivity contribution in [1.82, 2.24) is 10.7 Å². The van der Waals surface area contributed by atoms with Gasteiger partial charge in [0.15, 0.2) is 0 Å². The SMILES string of the molecule is NCCCC[C@H](NC(=O)CCN)C(=O)NN. The molecule has 0 fully saturated rings. The molecule has 0 unspecified atom stereocenters. The highest BCUT2D eigenvalue weighted by Gasteiger charge is 2.18. The second-order valence-corrected chi connectivity index (χ2v) is 3.45. The molecule has 0 aromatic carbocycles. The maximum absolute atomic E-state index is 11.3. The van der Waals surface area contributed by atoms with E-state index in [4.69, 9.17) is 17.3 Å². The van der Waals surface area contributed by atoms with Crippen LogP contribution in [0.3, 0.4) is 0 Å². The normalized spacial score (nSPS) is 11.9. The molecule has 0 aromatic rings. The number of rotatable bonds is 8. The van der Waals surface area contributed by atoms with Gasteiger partial charge in [-0.05, 0) is 25.8 Å². The van der Waals surface area contributed by atoms with Crippen LogP contribution in [0.15, 0.2) is 0 Å². The van der Waals surface area contributed by atoms with E-state index in [2.05, 4.69) is 5.32 Å². The molecule has 0 aliphatic heterocycles. The van der Waals surface area contributed by atoms with E-state index in [-0.39, 0.29) is 18.9 Å². The summed E-state index contributed by atoms with van der Waals surface area (Å²) >= 11 is 0. The van der Waals surface area contributed by atoms with Gasteiger partial charge in [-0.3, -0.25) is 15.0 Å². The zero-order valence-electron chi connectivity index (χ0n) is 9.37. The van der Waals surface area contributed by atoms with Crippen molar-refractivity contribution in [3.8, 4) is 0 Å². The summed E-state index contributed by atoms with van der Waals surface area (Å²) in [5, 5.41) is 2.58. The predicted octanol–water partition coefficient (Wildman–Crippen LogP) is -2.06. The van der Waals surface area contributed by atoms with Gasteiger partial charge >= 0.3 is 0 Å². The highest BCUT2D eigenvalue weighted by atomic mass is 16.2. The first-order chi connectivity index (χ1) is 7.65. The molecule has 0 aromatic heterocycles. The highest BCUT2D eigenvalue weighted by molar-refractivity contribution is 5.87. The van der Waals surface area contributed by atoms with Gasteiger partial charge in [-0.15, -0.1) is 0 Å². The first-order valence-electron chi connectivity index (χ1n) is 5.35. The molecule has 0 spiro atoms. The molecule has 1 atom stereocenters. The standard InChI is InChI=1S/C9H21N5O2/c10-5-2-1-3-7(9(16)14-12)13-8(15)4-6-11/h7H,1-6,10-12H2,(H,13,15)(H,14,16)/t7-/m0/s1. The number of nitrogens with one attached hydrogen (secondary N) is 2. The Labute approximate surface area is 95.1 Å². The van der Waals surface area contributed by atoms with Crippen molar-refractivity contribution < 1.29 is 9.59 Å². The first-order valence-corrected chi connectivity index (χ1v) is 5.35. The van der Waals surface area contributed by atoms with Crippen LogP contribution < -0.4 is 28.1 Å². The van der Waals surface area contributed by atoms with Crippen molar-refractivity contribution >= 4 is 11.8 Å². The van der Waals surface area contributed by atoms with E-state index in [1.807, 2.05) is 5.43 Å². The Balaban J connectivity index is 4.09. The van der Waals surface area contributed by atoms with Crippen LogP contribution >= 0.6 is 0 Å². The number of carbonyl (C=O) groups is 2. The minimum absolute atomic E-state index is 0.200. The van der Waals surface area contributed by atoms with Crippen LogP contribution in [0, 0.1) is 0 Å². The Morgan fingerprint density at radius 2 is 1.81 bits per heavy atom. The average Bonchev–Trinajstić information content (AvgIpc) is 2.27. The van der Waals surface area contributed by atoms with Crippen LogP contribution in [-0.4, -0.2) is 30.9 Å². The Kier molecular flexibility index (Phi) is 8.41. The minimum Gasteiger partial charge on any atom is -0.344 e. The summed E-state index contributed by atoms with van der Waals surface area (Å²) in [5.41, 5.74) is 12.6. The van der Waals surface area contributed by atoms with Crippen LogP contribution in [0.25, 0.3) is 0 Å². The maximum atomic E-state index is 11.3. The van der Waals surface area contributed by atoms with Crippen molar-refractivity contribution in [3.05, 3.63) is 0 Å². The van der Waals surface area contributed by atoms with E-state index < -0.39 is 11.9 Å². The van der Waals surface area contributed by atoms with Crippen molar-refractivity contribution in [1.29, 1.82) is 0 Å². The fourth-order valence-corrected chi connectivity index (χ4v) is 1.26. The van der Waals surface area contributed by atoms with Crippen LogP contribution in [0.5, 0.6) is 0 Å². The lowest BCUT2D eigenvalue weighted by Crippen LogP contribution is -2.49. The summed E-state index contributed by atoms with van der Waals surface area (Å²) in [7, 11) is 0. The summed E-state index contributed by atoms with van der Waals surface area (Å²) in [4.78, 5) is 22.6. The van der Waals surface area contributed by atoms with Crippen molar-refractivity contribution in [2.75, 3.05) is 13.1 Å². The van der Waals surface area contributed by atoms with Crippen LogP contribution in [0.4, 0.5) is 0 Å². The lowest BCUT2D eigenvalue weighted by Gasteiger charge is -2.16. The van der Waals surface area contributed by atoms with Crippen LogP contribution in [0.2, 0.25) is 0 Å². The second kappa shape index (κ2) is 9.08. The van der Waals surface area contributed by atoms with Crippen molar-refractivity contribution in [2.45, 2.75) is 31.7 Å². The number of hydrazine groups is 1. The van der Waals surface area contributed by atoms with Crippen LogP contribution in [0.1, 0.15) is 25.7 Å². The van der Waals surface area contributed by atoms with Gasteiger partial charge in [0.1, 0.15) is 6.04 Å². The number of nitrogens with two attached hydrogens (primary N) is 3. The third kappa shape index (κ3) is 6.33. The lowest BCUT2D eigenvalue weighted by molar-refractivity contribution is -0.129. The Bertz CT molecular complexity index is 222. The van der Waals surface area contributed by atoms with Gasteiger partial charge in [-0.2, -0.15) is 0 Å². The van der Waals surface area contributed by atoms with E-state index >= 15 is 0 Å². The molecular weight excluding hydrogens is 210 g/mol. The molecule has 0 rings (SSSR count). The highest BCUT2D eigenvalue weighted by Crippen LogP contribution is 2.00. The molecule has 7 nitrogen and oxygen atoms in total. The molecule has 0 saturated carbocycles. The van der Waals surface area contributed by atoms with Gasteiger partial charge in [0.25, 0.3) is 5.91 Å². The van der Waals surface area contributed by atoms with E-state index in [0.29, 0.717) is 13.0 Å². The fourth-order valence-electron chi connectivity index (χ4n) is 1.26. The van der Waals surface area contributed by atoms with E-state index in [0.717, 1.165) is 12.8 Å². The first kappa shape index (κ1) is 14.8. The molecule has 0 saturated heterocycles. The van der Waals surface area contributed by atoms with Crippen molar-refractivity contribution in [2.24, 2.45) is 17.3 Å². The summed E-state index contributed by atoms with van der Waals surface area (Å²) in [6.45, 7) is 0.819. The fraction of sp³-hybridized carbons (Fsp3) is 0.778. The van der Waals surface area contributed by atoms with E-state index in [1.165, 1.54) is 0 Å². The number of hydrogen-bond donors (Lipinski definition) is 5. The second-order valence-electron chi connectivity index (χ2n) is 3.45. The summed E-state index contributed by atoms with van der Waals surface area (Å²) in [5.74, 6) is 4.38. The number of amides is 2. The molecule has 0 bridgehead atoms. The quantitative estimate of drug-likeness (QED) is 0.142. The molecular formula is C9H21N5O2. The average molecular weight is 231 g/mol. The van der Waals surface area contributed by atoms with E-state index in [9.17, 15) is 9.59 Å². The number of hydrogen-bond acceptors (Lipinski definition) is 5. The predicted molar refractivity (Wildman–Crippen MR) is 60.8 cm³/mol. The van der Waals surface area contributed by atoms with Gasteiger partial charge in [-0.25, -0.2) is 5.84 Å². The smallest absolute Gasteiger partial charge is 0.256 e. The molecule has 8 N–H and O–H groups in total. The Hall–Kier alpha value is -1.18. The number of unbranched alkanes of at least 4 members (excludes halogenated alkanes) is 1. The van der Waals surface area contributed by atoms with Crippen molar-refractivity contribution in [3.63, 3.8) is 0 Å². The van der Waals surface area contributed by atoms with Gasteiger partial charge in [0.05, 0.1) is 0 Å². The van der Waals surface area contributed by atoms with E-state index in [1.54, 1.807) is 0 Å². The van der Waals surface area contributed by atoms with Gasteiger partial charge in [0.2, 0.25) is 5.91 Å². The zero-order chi connectivity index (χ0) is 12.4. The van der Waals surface area contributed by atoms with Gasteiger partial charge < -0.3 is 16.8 Å². The monoisotopic (exact) mass is 231 g/mol. The molecule has 0 radical (unpaired) electrons. The van der Waals surface area contributed by atoms with Gasteiger partial charge in [0, 0.05) is 13.0 Å². The minimum atomic E-state index is -0.601. The third-order valence-corrected chi connectivity index (χ3v) is 2.11. The van der Waals surface area contributed by atoms with Crippen LogP contribution in [-0.2, 0) is 9.59 Å². The molecule has 7 heteroatoms. The lowest BCUT2D eigenvalue weighted by atomic mass is 10.1. The Morgan fingerprint density at radius 1 is 1.12 bits per heavy atom. The van der Waals surface area contributed by atoms with Gasteiger partial charge in [-0.1, -0.05) is 0 Å². The molecule has 0 aliphatic carbocycles. The topological polar surface area (TPSA) is 136 Å². The maximum Gasteiger partial charge on any atom is 0.256 e. The zero-order valence-corrected chi connectivity index (χ0v) is 9.37. The molecule has 2 amide bonds.